The molecule has 0 aliphatic heterocycles. The van der Waals surface area contributed by atoms with Gasteiger partial charge in [-0.1, -0.05) is 6.08 Å². The van der Waals surface area contributed by atoms with Gasteiger partial charge in [-0.25, -0.2) is 8.78 Å². The molecule has 0 saturated heterocycles. The highest BCUT2D eigenvalue weighted by atomic mass is 19.1. The first-order valence-electron chi connectivity index (χ1n) is 5.10. The maximum Gasteiger partial charge on any atom is 0.134 e. The molecule has 0 aromatic heterocycles. The number of rotatable bonds is 2. The van der Waals surface area contributed by atoms with Crippen molar-refractivity contribution in [1.82, 2.24) is 0 Å². The molecule has 1 aliphatic carbocycles. The van der Waals surface area contributed by atoms with E-state index in [2.05, 4.69) is 0 Å². The SMILES string of the molecule is COc1ccc(C2=CC=C(F)CC2)c(F)c1. The summed E-state index contributed by atoms with van der Waals surface area (Å²) in [6, 6.07) is 4.70. The van der Waals surface area contributed by atoms with Crippen LogP contribution in [-0.4, -0.2) is 7.11 Å². The maximum atomic E-state index is 13.7. The number of hydrogen-bond acceptors (Lipinski definition) is 1. The van der Waals surface area contributed by atoms with E-state index in [9.17, 15) is 8.78 Å². The molecule has 1 aliphatic rings. The molecule has 0 heterocycles. The smallest absolute Gasteiger partial charge is 0.134 e. The average molecular weight is 222 g/mol. The molecule has 0 amide bonds. The monoisotopic (exact) mass is 222 g/mol. The number of benzene rings is 1. The molecule has 0 bridgehead atoms. The van der Waals surface area contributed by atoms with Gasteiger partial charge in [-0.2, -0.15) is 0 Å². The third-order valence-corrected chi connectivity index (χ3v) is 2.62. The van der Waals surface area contributed by atoms with Crippen LogP contribution >= 0.6 is 0 Å². The molecule has 16 heavy (non-hydrogen) atoms. The van der Waals surface area contributed by atoms with Crippen molar-refractivity contribution in [3.05, 3.63) is 47.6 Å². The lowest BCUT2D eigenvalue weighted by molar-refractivity contribution is 0.411. The fourth-order valence-electron chi connectivity index (χ4n) is 1.72. The minimum atomic E-state index is -0.332. The average Bonchev–Trinajstić information content (AvgIpc) is 2.30. The number of ether oxygens (including phenoxy) is 1. The van der Waals surface area contributed by atoms with Gasteiger partial charge in [-0.3, -0.25) is 0 Å². The second-order valence-electron chi connectivity index (χ2n) is 3.65. The van der Waals surface area contributed by atoms with E-state index in [4.69, 9.17) is 4.74 Å². The molecule has 2 rings (SSSR count). The summed E-state index contributed by atoms with van der Waals surface area (Å²) >= 11 is 0. The van der Waals surface area contributed by atoms with Crippen LogP contribution in [0.15, 0.2) is 36.2 Å². The van der Waals surface area contributed by atoms with Gasteiger partial charge in [0.1, 0.15) is 17.4 Å². The summed E-state index contributed by atoms with van der Waals surface area (Å²) in [5, 5.41) is 0. The molecule has 0 radical (unpaired) electrons. The molecule has 0 unspecified atom stereocenters. The van der Waals surface area contributed by atoms with Crippen molar-refractivity contribution in [1.29, 1.82) is 0 Å². The Morgan fingerprint density at radius 3 is 2.50 bits per heavy atom. The van der Waals surface area contributed by atoms with Gasteiger partial charge in [-0.15, -0.1) is 0 Å². The van der Waals surface area contributed by atoms with Crippen molar-refractivity contribution in [3.63, 3.8) is 0 Å². The zero-order valence-corrected chi connectivity index (χ0v) is 8.97. The van der Waals surface area contributed by atoms with E-state index >= 15 is 0 Å². The van der Waals surface area contributed by atoms with Crippen molar-refractivity contribution in [3.8, 4) is 5.75 Å². The van der Waals surface area contributed by atoms with E-state index in [1.165, 1.54) is 19.3 Å². The van der Waals surface area contributed by atoms with Crippen LogP contribution in [0.3, 0.4) is 0 Å². The van der Waals surface area contributed by atoms with Crippen molar-refractivity contribution in [2.75, 3.05) is 7.11 Å². The molecule has 0 atom stereocenters. The van der Waals surface area contributed by atoms with Gasteiger partial charge < -0.3 is 4.74 Å². The number of halogens is 2. The summed E-state index contributed by atoms with van der Waals surface area (Å²) in [6.45, 7) is 0. The highest BCUT2D eigenvalue weighted by Gasteiger charge is 2.12. The van der Waals surface area contributed by atoms with E-state index in [0.29, 0.717) is 24.2 Å². The van der Waals surface area contributed by atoms with Crippen LogP contribution < -0.4 is 4.74 Å². The van der Waals surface area contributed by atoms with E-state index in [1.54, 1.807) is 18.2 Å². The molecule has 0 fully saturated rings. The molecule has 3 heteroatoms. The second kappa shape index (κ2) is 4.47. The largest absolute Gasteiger partial charge is 0.497 e. The first-order valence-corrected chi connectivity index (χ1v) is 5.10. The molecule has 1 nitrogen and oxygen atoms in total. The van der Waals surface area contributed by atoms with Crippen molar-refractivity contribution >= 4 is 5.57 Å². The Morgan fingerprint density at radius 2 is 1.94 bits per heavy atom. The molecular formula is C13H12F2O. The molecule has 0 saturated carbocycles. The Labute approximate surface area is 93.0 Å². The van der Waals surface area contributed by atoms with Crippen LogP contribution in [0.1, 0.15) is 18.4 Å². The third-order valence-electron chi connectivity index (χ3n) is 2.62. The van der Waals surface area contributed by atoms with Crippen LogP contribution in [0, 0.1) is 5.82 Å². The zero-order chi connectivity index (χ0) is 11.5. The highest BCUT2D eigenvalue weighted by Crippen LogP contribution is 2.30. The lowest BCUT2D eigenvalue weighted by Gasteiger charge is -2.12. The van der Waals surface area contributed by atoms with E-state index in [-0.39, 0.29) is 11.6 Å². The lowest BCUT2D eigenvalue weighted by Crippen LogP contribution is -1.95. The predicted molar refractivity (Wildman–Crippen MR) is 59.4 cm³/mol. The molecule has 0 N–H and O–H groups in total. The molecule has 0 spiro atoms. The van der Waals surface area contributed by atoms with Gasteiger partial charge in [0.05, 0.1) is 7.11 Å². The van der Waals surface area contributed by atoms with Crippen molar-refractivity contribution < 1.29 is 13.5 Å². The Bertz CT molecular complexity index is 461. The molecule has 84 valence electrons. The fraction of sp³-hybridized carbons (Fsp3) is 0.231. The number of hydrogen-bond donors (Lipinski definition) is 0. The van der Waals surface area contributed by atoms with Crippen LogP contribution in [0.4, 0.5) is 8.78 Å². The topological polar surface area (TPSA) is 9.23 Å². The third kappa shape index (κ3) is 2.13. The molecule has 1 aromatic rings. The van der Waals surface area contributed by atoms with E-state index in [0.717, 1.165) is 5.57 Å². The fourth-order valence-corrected chi connectivity index (χ4v) is 1.72. The summed E-state index contributed by atoms with van der Waals surface area (Å²) < 4.78 is 31.4. The Kier molecular flexibility index (Phi) is 3.04. The van der Waals surface area contributed by atoms with Gasteiger partial charge in [-0.05, 0) is 30.2 Å². The number of allylic oxidation sites excluding steroid dienone is 4. The Balaban J connectivity index is 2.34. The highest BCUT2D eigenvalue weighted by molar-refractivity contribution is 5.69. The Hall–Kier alpha value is -1.64. The van der Waals surface area contributed by atoms with Crippen LogP contribution in [-0.2, 0) is 0 Å². The lowest BCUT2D eigenvalue weighted by atomic mass is 9.96. The summed E-state index contributed by atoms with van der Waals surface area (Å²) in [5.74, 6) is -0.00152. The molecule has 1 aromatic carbocycles. The Morgan fingerprint density at radius 1 is 1.12 bits per heavy atom. The quantitative estimate of drug-likeness (QED) is 0.738. The summed E-state index contributed by atoms with van der Waals surface area (Å²) in [4.78, 5) is 0. The van der Waals surface area contributed by atoms with Gasteiger partial charge in [0, 0.05) is 18.1 Å². The van der Waals surface area contributed by atoms with Gasteiger partial charge in [0.25, 0.3) is 0 Å². The van der Waals surface area contributed by atoms with Crippen molar-refractivity contribution in [2.24, 2.45) is 0 Å². The van der Waals surface area contributed by atoms with E-state index < -0.39 is 0 Å². The van der Waals surface area contributed by atoms with Gasteiger partial charge in [0.2, 0.25) is 0 Å². The minimum Gasteiger partial charge on any atom is -0.497 e. The second-order valence-corrected chi connectivity index (χ2v) is 3.65. The molecular weight excluding hydrogens is 210 g/mol. The summed E-state index contributed by atoms with van der Waals surface area (Å²) in [7, 11) is 1.49. The first-order chi connectivity index (χ1) is 7.70. The first kappa shape index (κ1) is 10.9. The van der Waals surface area contributed by atoms with Crippen LogP contribution in [0.25, 0.3) is 5.57 Å². The van der Waals surface area contributed by atoms with Crippen LogP contribution in [0.5, 0.6) is 5.75 Å². The normalized spacial score (nSPS) is 15.4. The predicted octanol–water partition coefficient (Wildman–Crippen LogP) is 3.86. The summed E-state index contributed by atoms with van der Waals surface area (Å²) in [6.07, 6.45) is 3.90. The van der Waals surface area contributed by atoms with Gasteiger partial charge in [0.15, 0.2) is 0 Å². The number of methoxy groups -OCH3 is 1. The standard InChI is InChI=1S/C13H12F2O/c1-16-11-6-7-12(13(15)8-11)9-2-4-10(14)5-3-9/h2,4,6-8H,3,5H2,1H3. The zero-order valence-electron chi connectivity index (χ0n) is 8.97. The maximum absolute atomic E-state index is 13.7. The minimum absolute atomic E-state index is 0.155. The van der Waals surface area contributed by atoms with Crippen molar-refractivity contribution in [2.45, 2.75) is 12.8 Å². The van der Waals surface area contributed by atoms with E-state index in [1.807, 2.05) is 0 Å². The summed E-state index contributed by atoms with van der Waals surface area (Å²) in [5.41, 5.74) is 1.34. The van der Waals surface area contributed by atoms with Crippen LogP contribution in [0.2, 0.25) is 0 Å². The van der Waals surface area contributed by atoms with Gasteiger partial charge >= 0.3 is 0 Å².